The Hall–Kier alpha value is 0.270. The predicted molar refractivity (Wildman–Crippen MR) is 89.5 cm³/mol. The maximum atomic E-state index is 3.99. The summed E-state index contributed by atoms with van der Waals surface area (Å²) in [6, 6.07) is 0. The summed E-state index contributed by atoms with van der Waals surface area (Å²) in [5, 5.41) is 3.99. The summed E-state index contributed by atoms with van der Waals surface area (Å²) in [4.78, 5) is 2.89. The second kappa shape index (κ2) is 6.18. The topological polar surface area (TPSA) is 15.3 Å². The van der Waals surface area contributed by atoms with E-state index in [2.05, 4.69) is 35.8 Å². The number of piperazine rings is 1. The largest absolute Gasteiger partial charge is 0.308 e. The van der Waals surface area contributed by atoms with Crippen LogP contribution in [0.25, 0.3) is 0 Å². The van der Waals surface area contributed by atoms with Crippen LogP contribution in [0.3, 0.4) is 0 Å². The van der Waals surface area contributed by atoms with Crippen molar-refractivity contribution in [3.8, 4) is 0 Å². The van der Waals surface area contributed by atoms with Crippen molar-refractivity contribution in [2.75, 3.05) is 31.1 Å². The van der Waals surface area contributed by atoms with Crippen molar-refractivity contribution >= 4 is 11.8 Å². The highest BCUT2D eigenvalue weighted by atomic mass is 32.2. The molecule has 3 aliphatic rings. The van der Waals surface area contributed by atoms with Gasteiger partial charge in [-0.15, -0.1) is 0 Å². The standard InChI is InChI=1S/C17H32N2S/c1-3-20-12-6-11-19-14-17(9-4-5-10-17)18-13-16(19,2)15-7-8-15/h15,18H,3-14H2,1-2H3. The van der Waals surface area contributed by atoms with Gasteiger partial charge in [0, 0.05) is 24.2 Å². The van der Waals surface area contributed by atoms with Crippen LogP contribution in [0.15, 0.2) is 0 Å². The molecular weight excluding hydrogens is 264 g/mol. The number of rotatable bonds is 6. The minimum absolute atomic E-state index is 0.449. The molecule has 1 aliphatic heterocycles. The van der Waals surface area contributed by atoms with E-state index in [0.717, 1.165) is 5.92 Å². The molecular formula is C17H32N2S. The molecule has 1 saturated heterocycles. The van der Waals surface area contributed by atoms with Crippen LogP contribution in [-0.4, -0.2) is 47.1 Å². The van der Waals surface area contributed by atoms with E-state index in [9.17, 15) is 0 Å². The van der Waals surface area contributed by atoms with Crippen molar-refractivity contribution < 1.29 is 0 Å². The maximum absolute atomic E-state index is 3.99. The summed E-state index contributed by atoms with van der Waals surface area (Å²) >= 11 is 2.10. The molecule has 2 nitrogen and oxygen atoms in total. The van der Waals surface area contributed by atoms with Crippen molar-refractivity contribution in [2.24, 2.45) is 5.92 Å². The average Bonchev–Trinajstić information content (AvgIpc) is 3.22. The van der Waals surface area contributed by atoms with Crippen LogP contribution in [-0.2, 0) is 0 Å². The van der Waals surface area contributed by atoms with Crippen molar-refractivity contribution in [3.63, 3.8) is 0 Å². The first-order valence-electron chi connectivity index (χ1n) is 8.76. The van der Waals surface area contributed by atoms with E-state index in [1.165, 1.54) is 76.1 Å². The summed E-state index contributed by atoms with van der Waals surface area (Å²) < 4.78 is 0. The molecule has 0 bridgehead atoms. The molecule has 0 amide bonds. The summed E-state index contributed by atoms with van der Waals surface area (Å²) in [6.45, 7) is 8.68. The summed E-state index contributed by atoms with van der Waals surface area (Å²) in [7, 11) is 0. The third-order valence-corrected chi connectivity index (χ3v) is 6.96. The second-order valence-corrected chi connectivity index (χ2v) is 8.84. The van der Waals surface area contributed by atoms with Gasteiger partial charge in [0.2, 0.25) is 0 Å². The monoisotopic (exact) mass is 296 g/mol. The predicted octanol–water partition coefficient (Wildman–Crippen LogP) is 3.52. The number of nitrogens with zero attached hydrogens (tertiary/aromatic N) is 1. The van der Waals surface area contributed by atoms with Gasteiger partial charge in [-0.3, -0.25) is 4.90 Å². The normalized spacial score (nSPS) is 33.9. The van der Waals surface area contributed by atoms with Crippen LogP contribution in [0, 0.1) is 5.92 Å². The van der Waals surface area contributed by atoms with E-state index < -0.39 is 0 Å². The number of thioether (sulfide) groups is 1. The zero-order chi connectivity index (χ0) is 14.1. The van der Waals surface area contributed by atoms with Gasteiger partial charge in [-0.05, 0) is 63.0 Å². The molecule has 20 heavy (non-hydrogen) atoms. The summed E-state index contributed by atoms with van der Waals surface area (Å²) in [5.41, 5.74) is 0.928. The minimum Gasteiger partial charge on any atom is -0.308 e. The third kappa shape index (κ3) is 3.05. The molecule has 0 aromatic rings. The molecule has 1 atom stereocenters. The van der Waals surface area contributed by atoms with Gasteiger partial charge in [-0.25, -0.2) is 0 Å². The first-order valence-corrected chi connectivity index (χ1v) is 9.92. The van der Waals surface area contributed by atoms with Gasteiger partial charge in [0.25, 0.3) is 0 Å². The molecule has 116 valence electrons. The lowest BCUT2D eigenvalue weighted by atomic mass is 9.83. The Balaban J connectivity index is 1.62. The van der Waals surface area contributed by atoms with Gasteiger partial charge in [-0.1, -0.05) is 19.8 Å². The highest BCUT2D eigenvalue weighted by molar-refractivity contribution is 7.99. The van der Waals surface area contributed by atoms with E-state index in [1.54, 1.807) is 0 Å². The molecule has 3 heteroatoms. The van der Waals surface area contributed by atoms with Crippen molar-refractivity contribution in [2.45, 2.75) is 69.9 Å². The Morgan fingerprint density at radius 3 is 2.65 bits per heavy atom. The Bertz CT molecular complexity index is 323. The van der Waals surface area contributed by atoms with Crippen molar-refractivity contribution in [3.05, 3.63) is 0 Å². The number of hydrogen-bond donors (Lipinski definition) is 1. The zero-order valence-corrected chi connectivity index (χ0v) is 14.2. The van der Waals surface area contributed by atoms with E-state index >= 15 is 0 Å². The SMILES string of the molecule is CCSCCCN1CC2(CCCC2)NCC1(C)C1CC1. The van der Waals surface area contributed by atoms with Gasteiger partial charge in [0.05, 0.1) is 0 Å². The zero-order valence-electron chi connectivity index (χ0n) is 13.4. The number of hydrogen-bond acceptors (Lipinski definition) is 3. The van der Waals surface area contributed by atoms with E-state index in [1.807, 2.05) is 0 Å². The molecule has 1 unspecified atom stereocenters. The molecule has 0 aromatic heterocycles. The smallest absolute Gasteiger partial charge is 0.0334 e. The van der Waals surface area contributed by atoms with E-state index in [-0.39, 0.29) is 0 Å². The van der Waals surface area contributed by atoms with E-state index in [0.29, 0.717) is 11.1 Å². The lowest BCUT2D eigenvalue weighted by Crippen LogP contribution is -2.69. The molecule has 1 spiro atoms. The molecule has 0 radical (unpaired) electrons. The molecule has 2 saturated carbocycles. The van der Waals surface area contributed by atoms with Crippen molar-refractivity contribution in [1.29, 1.82) is 0 Å². The number of nitrogens with one attached hydrogen (secondary N) is 1. The van der Waals surface area contributed by atoms with Gasteiger partial charge in [0.15, 0.2) is 0 Å². The third-order valence-electron chi connectivity index (χ3n) is 5.98. The molecule has 2 aliphatic carbocycles. The Kier molecular flexibility index (Phi) is 4.69. The Labute approximate surface area is 129 Å². The van der Waals surface area contributed by atoms with Crippen LogP contribution in [0.5, 0.6) is 0 Å². The lowest BCUT2D eigenvalue weighted by molar-refractivity contribution is 0.00302. The quantitative estimate of drug-likeness (QED) is 0.755. The molecule has 1 heterocycles. The van der Waals surface area contributed by atoms with Gasteiger partial charge in [0.1, 0.15) is 0 Å². The van der Waals surface area contributed by atoms with Crippen molar-refractivity contribution in [1.82, 2.24) is 10.2 Å². The summed E-state index contributed by atoms with van der Waals surface area (Å²) in [5.74, 6) is 3.58. The highest BCUT2D eigenvalue weighted by Crippen LogP contribution is 2.46. The van der Waals surface area contributed by atoms with Gasteiger partial charge >= 0.3 is 0 Å². The minimum atomic E-state index is 0.449. The van der Waals surface area contributed by atoms with Gasteiger partial charge in [-0.2, -0.15) is 11.8 Å². The second-order valence-electron chi connectivity index (χ2n) is 7.44. The summed E-state index contributed by atoms with van der Waals surface area (Å²) in [6.07, 6.45) is 9.99. The van der Waals surface area contributed by atoms with Crippen LogP contribution in [0.4, 0.5) is 0 Å². The molecule has 3 rings (SSSR count). The molecule has 1 N–H and O–H groups in total. The first kappa shape index (κ1) is 15.2. The molecule has 3 fully saturated rings. The van der Waals surface area contributed by atoms with Gasteiger partial charge < -0.3 is 5.32 Å². The first-order chi connectivity index (χ1) is 9.69. The fourth-order valence-electron chi connectivity index (χ4n) is 4.41. The van der Waals surface area contributed by atoms with Crippen LogP contribution in [0.2, 0.25) is 0 Å². The van der Waals surface area contributed by atoms with E-state index in [4.69, 9.17) is 0 Å². The highest BCUT2D eigenvalue weighted by Gasteiger charge is 2.51. The van der Waals surface area contributed by atoms with Crippen LogP contribution >= 0.6 is 11.8 Å². The average molecular weight is 297 g/mol. The van der Waals surface area contributed by atoms with Crippen LogP contribution < -0.4 is 5.32 Å². The maximum Gasteiger partial charge on any atom is 0.0334 e. The fourth-order valence-corrected chi connectivity index (χ4v) is 5.03. The molecule has 0 aromatic carbocycles. The Morgan fingerprint density at radius 2 is 2.00 bits per heavy atom. The van der Waals surface area contributed by atoms with Crippen LogP contribution in [0.1, 0.15) is 58.8 Å². The fraction of sp³-hybridized carbons (Fsp3) is 1.00. The lowest BCUT2D eigenvalue weighted by Gasteiger charge is -2.53. The Morgan fingerprint density at radius 1 is 1.25 bits per heavy atom.